The summed E-state index contributed by atoms with van der Waals surface area (Å²) in [5.41, 5.74) is 1.11. The van der Waals surface area contributed by atoms with Crippen molar-refractivity contribution in [3.05, 3.63) is 48.5 Å². The van der Waals surface area contributed by atoms with Crippen LogP contribution in [0.4, 0.5) is 5.69 Å². The van der Waals surface area contributed by atoms with Gasteiger partial charge in [-0.25, -0.2) is 0 Å². The number of phenolic OH excluding ortho intramolecular Hbond substituents is 1. The summed E-state index contributed by atoms with van der Waals surface area (Å²) in [6.45, 7) is 2.40. The molecule has 1 aromatic heterocycles. The highest BCUT2D eigenvalue weighted by Gasteiger charge is 2.11. The zero-order valence-corrected chi connectivity index (χ0v) is 13.6. The van der Waals surface area contributed by atoms with E-state index in [9.17, 15) is 9.90 Å². The first kappa shape index (κ1) is 16.4. The van der Waals surface area contributed by atoms with Gasteiger partial charge >= 0.3 is 0 Å². The lowest BCUT2D eigenvalue weighted by molar-refractivity contribution is -0.117. The molecule has 8 heteroatoms. The molecule has 2 N–H and O–H groups in total. The largest absolute Gasteiger partial charge is 0.506 e. The Hall–Kier alpha value is -3.42. The van der Waals surface area contributed by atoms with Gasteiger partial charge in [0.05, 0.1) is 12.3 Å². The van der Waals surface area contributed by atoms with Crippen LogP contribution in [0.2, 0.25) is 0 Å². The lowest BCUT2D eigenvalue weighted by Gasteiger charge is -2.05. The van der Waals surface area contributed by atoms with Gasteiger partial charge in [-0.1, -0.05) is 12.1 Å². The Morgan fingerprint density at radius 3 is 2.68 bits per heavy atom. The molecule has 25 heavy (non-hydrogen) atoms. The summed E-state index contributed by atoms with van der Waals surface area (Å²) in [6.07, 6.45) is 0. The average Bonchev–Trinajstić information content (AvgIpc) is 3.06. The molecule has 0 atom stereocenters. The minimum Gasteiger partial charge on any atom is -0.506 e. The molecule has 0 spiro atoms. The van der Waals surface area contributed by atoms with Crippen LogP contribution < -0.4 is 10.1 Å². The van der Waals surface area contributed by atoms with Crippen LogP contribution in [0.3, 0.4) is 0 Å². The minimum absolute atomic E-state index is 0.00234. The van der Waals surface area contributed by atoms with E-state index in [-0.39, 0.29) is 18.2 Å². The Labute approximate surface area is 144 Å². The first-order chi connectivity index (χ1) is 12.2. The Morgan fingerprint density at radius 2 is 1.96 bits per heavy atom. The molecule has 0 radical (unpaired) electrons. The van der Waals surface area contributed by atoms with Crippen LogP contribution in [-0.4, -0.2) is 37.8 Å². The molecule has 0 aliphatic rings. The van der Waals surface area contributed by atoms with Crippen LogP contribution in [0.5, 0.6) is 11.5 Å². The molecule has 2 aromatic carbocycles. The van der Waals surface area contributed by atoms with Gasteiger partial charge in [-0.05, 0) is 48.5 Å². The van der Waals surface area contributed by atoms with Gasteiger partial charge in [-0.3, -0.25) is 4.79 Å². The number of amides is 1. The molecule has 0 fully saturated rings. The van der Waals surface area contributed by atoms with Crippen LogP contribution in [-0.2, 0) is 11.3 Å². The van der Waals surface area contributed by atoms with Crippen LogP contribution in [0, 0.1) is 0 Å². The maximum absolute atomic E-state index is 12.0. The van der Waals surface area contributed by atoms with E-state index in [1.807, 2.05) is 31.2 Å². The highest BCUT2D eigenvalue weighted by molar-refractivity contribution is 5.91. The number of hydrogen-bond donors (Lipinski definition) is 2. The molecule has 128 valence electrons. The van der Waals surface area contributed by atoms with Gasteiger partial charge in [0.2, 0.25) is 11.7 Å². The summed E-state index contributed by atoms with van der Waals surface area (Å²) in [6, 6.07) is 13.8. The number of benzene rings is 2. The summed E-state index contributed by atoms with van der Waals surface area (Å²) in [7, 11) is 0. The van der Waals surface area contributed by atoms with E-state index in [2.05, 4.69) is 20.7 Å². The molecule has 1 heterocycles. The number of anilines is 1. The third kappa shape index (κ3) is 4.11. The van der Waals surface area contributed by atoms with Crippen molar-refractivity contribution >= 4 is 11.6 Å². The summed E-state index contributed by atoms with van der Waals surface area (Å²) in [5.74, 6) is 0.814. The lowest BCUT2D eigenvalue weighted by atomic mass is 10.2. The molecule has 8 nitrogen and oxygen atoms in total. The minimum atomic E-state index is -0.364. The average molecular weight is 339 g/mol. The van der Waals surface area contributed by atoms with Gasteiger partial charge in [-0.2, -0.15) is 4.80 Å². The number of nitrogens with one attached hydrogen (secondary N) is 1. The maximum atomic E-state index is 12.0. The van der Waals surface area contributed by atoms with Crippen molar-refractivity contribution in [2.75, 3.05) is 11.9 Å². The molecular weight excluding hydrogens is 322 g/mol. The van der Waals surface area contributed by atoms with Crippen LogP contribution in [0.15, 0.2) is 48.5 Å². The van der Waals surface area contributed by atoms with Crippen molar-refractivity contribution < 1.29 is 14.6 Å². The predicted molar refractivity (Wildman–Crippen MR) is 91.2 cm³/mol. The number of aromatic hydroxyl groups is 1. The lowest BCUT2D eigenvalue weighted by Crippen LogP contribution is -2.20. The first-order valence-corrected chi connectivity index (χ1v) is 7.74. The zero-order valence-electron chi connectivity index (χ0n) is 13.6. The third-order valence-corrected chi connectivity index (χ3v) is 3.34. The van der Waals surface area contributed by atoms with Gasteiger partial charge in [0.25, 0.3) is 0 Å². The van der Waals surface area contributed by atoms with Crippen molar-refractivity contribution in [1.29, 1.82) is 0 Å². The number of phenols is 1. The Morgan fingerprint density at radius 1 is 1.20 bits per heavy atom. The van der Waals surface area contributed by atoms with Crippen molar-refractivity contribution in [2.24, 2.45) is 0 Å². The molecular formula is C17H17N5O3. The standard InChI is InChI=1S/C17H17N5O3/c1-2-25-13-9-7-12(8-10-13)17-19-21-22(20-17)11-16(24)18-14-5-3-4-6-15(14)23/h3-10,23H,2,11H2,1H3,(H,18,24). The van der Waals surface area contributed by atoms with Gasteiger partial charge in [0.1, 0.15) is 18.0 Å². The Kier molecular flexibility index (Phi) is 4.89. The van der Waals surface area contributed by atoms with Crippen molar-refractivity contribution in [1.82, 2.24) is 20.2 Å². The van der Waals surface area contributed by atoms with Gasteiger partial charge < -0.3 is 15.2 Å². The number of carbonyl (C=O) groups excluding carboxylic acids is 1. The summed E-state index contributed by atoms with van der Waals surface area (Å²) < 4.78 is 5.39. The van der Waals surface area contributed by atoms with Gasteiger partial charge in [0.15, 0.2) is 0 Å². The number of rotatable bonds is 6. The Balaban J connectivity index is 1.65. The number of ether oxygens (including phenoxy) is 1. The molecule has 0 aliphatic heterocycles. The molecule has 3 rings (SSSR count). The van der Waals surface area contributed by atoms with Crippen LogP contribution in [0.25, 0.3) is 11.4 Å². The predicted octanol–water partition coefficient (Wildman–Crippen LogP) is 2.08. The number of tetrazole rings is 1. The van der Waals surface area contributed by atoms with E-state index in [1.54, 1.807) is 18.2 Å². The second kappa shape index (κ2) is 7.43. The summed E-state index contributed by atoms with van der Waals surface area (Å²) in [4.78, 5) is 13.2. The van der Waals surface area contributed by atoms with E-state index in [0.29, 0.717) is 18.1 Å². The number of aromatic nitrogens is 4. The topological polar surface area (TPSA) is 102 Å². The third-order valence-electron chi connectivity index (χ3n) is 3.34. The van der Waals surface area contributed by atoms with E-state index >= 15 is 0 Å². The van der Waals surface area contributed by atoms with E-state index in [4.69, 9.17) is 4.74 Å². The number of para-hydroxylation sites is 2. The fourth-order valence-corrected chi connectivity index (χ4v) is 2.19. The number of nitrogens with zero attached hydrogens (tertiary/aromatic N) is 4. The van der Waals surface area contributed by atoms with Crippen molar-refractivity contribution in [2.45, 2.75) is 13.5 Å². The summed E-state index contributed by atoms with van der Waals surface area (Å²) >= 11 is 0. The van der Waals surface area contributed by atoms with E-state index in [1.165, 1.54) is 10.9 Å². The summed E-state index contributed by atoms with van der Waals surface area (Å²) in [5, 5.41) is 24.3. The fourth-order valence-electron chi connectivity index (χ4n) is 2.19. The second-order valence-electron chi connectivity index (χ2n) is 5.17. The molecule has 3 aromatic rings. The smallest absolute Gasteiger partial charge is 0.248 e. The molecule has 0 saturated heterocycles. The monoisotopic (exact) mass is 339 g/mol. The van der Waals surface area contributed by atoms with Crippen LogP contribution in [0.1, 0.15) is 6.92 Å². The van der Waals surface area contributed by atoms with E-state index < -0.39 is 0 Å². The first-order valence-electron chi connectivity index (χ1n) is 7.74. The zero-order chi connectivity index (χ0) is 17.6. The quantitative estimate of drug-likeness (QED) is 0.667. The maximum Gasteiger partial charge on any atom is 0.248 e. The van der Waals surface area contributed by atoms with Crippen LogP contribution >= 0.6 is 0 Å². The highest BCUT2D eigenvalue weighted by atomic mass is 16.5. The number of carbonyl (C=O) groups is 1. The molecule has 0 bridgehead atoms. The van der Waals surface area contributed by atoms with E-state index in [0.717, 1.165) is 11.3 Å². The molecule has 0 unspecified atom stereocenters. The van der Waals surface area contributed by atoms with Gasteiger partial charge in [-0.15, -0.1) is 10.2 Å². The number of hydrogen-bond acceptors (Lipinski definition) is 6. The SMILES string of the molecule is CCOc1ccc(-c2nnn(CC(=O)Nc3ccccc3O)n2)cc1. The Bertz CT molecular complexity index is 861. The molecule has 1 amide bonds. The molecule has 0 saturated carbocycles. The molecule has 0 aliphatic carbocycles. The van der Waals surface area contributed by atoms with Gasteiger partial charge in [0, 0.05) is 5.56 Å². The normalized spacial score (nSPS) is 10.4. The van der Waals surface area contributed by atoms with Crippen molar-refractivity contribution in [3.63, 3.8) is 0 Å². The highest BCUT2D eigenvalue weighted by Crippen LogP contribution is 2.21. The second-order valence-corrected chi connectivity index (χ2v) is 5.17. The fraction of sp³-hybridized carbons (Fsp3) is 0.176. The van der Waals surface area contributed by atoms with Crippen molar-refractivity contribution in [3.8, 4) is 22.9 Å².